The van der Waals surface area contributed by atoms with Crippen LogP contribution >= 0.6 is 15.9 Å². The van der Waals surface area contributed by atoms with Crippen LogP contribution in [0.4, 0.5) is 0 Å². The zero-order valence-corrected chi connectivity index (χ0v) is 18.6. The monoisotopic (exact) mass is 476 g/mol. The van der Waals surface area contributed by atoms with Gasteiger partial charge in [-0.15, -0.1) is 6.58 Å². The van der Waals surface area contributed by atoms with E-state index in [1.54, 1.807) is 23.9 Å². The summed E-state index contributed by atoms with van der Waals surface area (Å²) in [5.74, 6) is 1.26. The molecule has 0 aliphatic carbocycles. The van der Waals surface area contributed by atoms with E-state index in [-0.39, 0.29) is 12.2 Å². The Balaban J connectivity index is 1.89. The molecule has 31 heavy (non-hydrogen) atoms. The number of para-hydroxylation sites is 1. The molecule has 0 aliphatic heterocycles. The first-order chi connectivity index (χ1) is 15.1. The maximum Gasteiger partial charge on any atom is 0.264 e. The largest absolute Gasteiger partial charge is 0.497 e. The van der Waals surface area contributed by atoms with Crippen LogP contribution in [0.2, 0.25) is 0 Å². The van der Waals surface area contributed by atoms with Crippen LogP contribution in [0.5, 0.6) is 11.5 Å². The van der Waals surface area contributed by atoms with E-state index in [1.807, 2.05) is 60.7 Å². The lowest BCUT2D eigenvalue weighted by atomic mass is 10.1. The second-order valence-corrected chi connectivity index (χ2v) is 7.75. The van der Waals surface area contributed by atoms with E-state index in [9.17, 15) is 4.79 Å². The van der Waals surface area contributed by atoms with Crippen molar-refractivity contribution < 1.29 is 9.47 Å². The number of halogens is 1. The summed E-state index contributed by atoms with van der Waals surface area (Å²) >= 11 is 3.56. The number of pyridine rings is 2. The second-order valence-electron chi connectivity index (χ2n) is 6.90. The van der Waals surface area contributed by atoms with Gasteiger partial charge in [-0.25, -0.2) is 4.98 Å². The Hall–Kier alpha value is -3.38. The highest BCUT2D eigenvalue weighted by Crippen LogP contribution is 2.31. The summed E-state index contributed by atoms with van der Waals surface area (Å²) < 4.78 is 14.1. The SMILES string of the molecule is C=CCc1c(OCc2cc(OC)ccc2Br)c2cccnc2n(-c2ccccc2)c1=O. The summed E-state index contributed by atoms with van der Waals surface area (Å²) in [5.41, 5.74) is 2.58. The summed E-state index contributed by atoms with van der Waals surface area (Å²) in [5, 5.41) is 0.766. The van der Waals surface area contributed by atoms with Crippen LogP contribution in [0.3, 0.4) is 0 Å². The minimum Gasteiger partial charge on any atom is -0.497 e. The number of hydrogen-bond acceptors (Lipinski definition) is 4. The number of benzene rings is 2. The molecule has 0 fully saturated rings. The lowest BCUT2D eigenvalue weighted by molar-refractivity contribution is 0.304. The van der Waals surface area contributed by atoms with Gasteiger partial charge < -0.3 is 9.47 Å². The van der Waals surface area contributed by atoms with E-state index < -0.39 is 0 Å². The van der Waals surface area contributed by atoms with Crippen LogP contribution < -0.4 is 15.0 Å². The fourth-order valence-corrected chi connectivity index (χ4v) is 3.85. The third-order valence-electron chi connectivity index (χ3n) is 4.97. The van der Waals surface area contributed by atoms with Crippen molar-refractivity contribution in [2.75, 3.05) is 7.11 Å². The van der Waals surface area contributed by atoms with E-state index in [0.717, 1.165) is 26.9 Å². The topological polar surface area (TPSA) is 53.4 Å². The molecule has 4 aromatic rings. The minimum atomic E-state index is -0.169. The van der Waals surface area contributed by atoms with Crippen molar-refractivity contribution in [1.82, 2.24) is 9.55 Å². The molecule has 0 saturated heterocycles. The van der Waals surface area contributed by atoms with Crippen LogP contribution in [0.15, 0.2) is 88.8 Å². The predicted molar refractivity (Wildman–Crippen MR) is 126 cm³/mol. The molecule has 5 nitrogen and oxygen atoms in total. The van der Waals surface area contributed by atoms with Crippen molar-refractivity contribution in [1.29, 1.82) is 0 Å². The Kier molecular flexibility index (Phi) is 6.18. The first-order valence-corrected chi connectivity index (χ1v) is 10.6. The highest BCUT2D eigenvalue weighted by molar-refractivity contribution is 9.10. The van der Waals surface area contributed by atoms with Crippen LogP contribution in [0.25, 0.3) is 16.7 Å². The zero-order valence-electron chi connectivity index (χ0n) is 17.0. The van der Waals surface area contributed by atoms with Gasteiger partial charge in [-0.2, -0.15) is 0 Å². The van der Waals surface area contributed by atoms with Gasteiger partial charge >= 0.3 is 0 Å². The fourth-order valence-electron chi connectivity index (χ4n) is 3.49. The molecule has 2 aromatic carbocycles. The summed E-state index contributed by atoms with van der Waals surface area (Å²) in [6.45, 7) is 4.10. The molecule has 0 aliphatic rings. The number of methoxy groups -OCH3 is 1. The Labute approximate surface area is 188 Å². The number of nitrogens with zero attached hydrogens (tertiary/aromatic N) is 2. The van der Waals surface area contributed by atoms with E-state index in [0.29, 0.717) is 23.4 Å². The molecule has 0 unspecified atom stereocenters. The van der Waals surface area contributed by atoms with E-state index in [2.05, 4.69) is 27.5 Å². The molecule has 0 amide bonds. The van der Waals surface area contributed by atoms with E-state index >= 15 is 0 Å². The highest BCUT2D eigenvalue weighted by atomic mass is 79.9. The lowest BCUT2D eigenvalue weighted by Crippen LogP contribution is -2.24. The molecule has 2 aromatic heterocycles. The van der Waals surface area contributed by atoms with Crippen molar-refractivity contribution in [3.8, 4) is 17.2 Å². The Bertz CT molecular complexity index is 1300. The maximum absolute atomic E-state index is 13.5. The molecular formula is C25H21BrN2O3. The molecule has 0 N–H and O–H groups in total. The molecule has 0 bridgehead atoms. The van der Waals surface area contributed by atoms with Crippen LogP contribution in [-0.2, 0) is 13.0 Å². The van der Waals surface area contributed by atoms with Crippen LogP contribution in [0.1, 0.15) is 11.1 Å². The smallest absolute Gasteiger partial charge is 0.264 e. The standard InChI is InChI=1S/C25H21BrN2O3/c1-3-8-21-23(31-16-17-15-19(30-2)12-13-22(17)26)20-11-7-14-27-24(20)28(25(21)29)18-9-5-4-6-10-18/h3-7,9-15H,1,8,16H2,2H3. The lowest BCUT2D eigenvalue weighted by Gasteiger charge is -2.18. The Morgan fingerprint density at radius 1 is 1.13 bits per heavy atom. The highest BCUT2D eigenvalue weighted by Gasteiger charge is 2.19. The first kappa shape index (κ1) is 20.9. The summed E-state index contributed by atoms with van der Waals surface area (Å²) in [7, 11) is 1.62. The number of ether oxygens (including phenoxy) is 2. The predicted octanol–water partition coefficient (Wildman–Crippen LogP) is 5.46. The van der Waals surface area contributed by atoms with Crippen LogP contribution in [0, 0.1) is 0 Å². The summed E-state index contributed by atoms with van der Waals surface area (Å²) in [4.78, 5) is 18.0. The number of fused-ring (bicyclic) bond motifs is 1. The molecule has 6 heteroatoms. The number of hydrogen-bond donors (Lipinski definition) is 0. The number of aromatic nitrogens is 2. The normalized spacial score (nSPS) is 10.8. The van der Waals surface area contributed by atoms with Gasteiger partial charge in [0, 0.05) is 16.2 Å². The summed E-state index contributed by atoms with van der Waals surface area (Å²) in [6, 6.07) is 18.9. The van der Waals surface area contributed by atoms with Gasteiger partial charge in [-0.1, -0.05) is 40.2 Å². The molecule has 156 valence electrons. The van der Waals surface area contributed by atoms with Crippen molar-refractivity contribution in [3.05, 3.63) is 105 Å². The second kappa shape index (κ2) is 9.18. The zero-order chi connectivity index (χ0) is 21.8. The molecule has 0 saturated carbocycles. The van der Waals surface area contributed by atoms with Crippen molar-refractivity contribution in [2.24, 2.45) is 0 Å². The Morgan fingerprint density at radius 2 is 1.94 bits per heavy atom. The van der Waals surface area contributed by atoms with Crippen molar-refractivity contribution in [3.63, 3.8) is 0 Å². The molecule has 0 radical (unpaired) electrons. The number of allylic oxidation sites excluding steroid dienone is 1. The average Bonchev–Trinajstić information content (AvgIpc) is 2.80. The molecule has 4 rings (SSSR count). The molecule has 0 spiro atoms. The van der Waals surface area contributed by atoms with Crippen molar-refractivity contribution in [2.45, 2.75) is 13.0 Å². The third kappa shape index (κ3) is 4.11. The maximum atomic E-state index is 13.5. The molecule has 0 atom stereocenters. The van der Waals surface area contributed by atoms with E-state index in [4.69, 9.17) is 9.47 Å². The van der Waals surface area contributed by atoms with Gasteiger partial charge in [0.15, 0.2) is 5.65 Å². The summed E-state index contributed by atoms with van der Waals surface area (Å²) in [6.07, 6.45) is 3.77. The van der Waals surface area contributed by atoms with Gasteiger partial charge in [-0.05, 0) is 48.9 Å². The average molecular weight is 477 g/mol. The van der Waals surface area contributed by atoms with Crippen LogP contribution in [-0.4, -0.2) is 16.7 Å². The molecule has 2 heterocycles. The van der Waals surface area contributed by atoms with Gasteiger partial charge in [-0.3, -0.25) is 9.36 Å². The first-order valence-electron chi connectivity index (χ1n) is 9.78. The quantitative estimate of drug-likeness (QED) is 0.332. The fraction of sp³-hybridized carbons (Fsp3) is 0.120. The van der Waals surface area contributed by atoms with Gasteiger partial charge in [0.05, 0.1) is 23.7 Å². The minimum absolute atomic E-state index is 0.169. The van der Waals surface area contributed by atoms with E-state index in [1.165, 1.54) is 0 Å². The van der Waals surface area contributed by atoms with Gasteiger partial charge in [0.1, 0.15) is 18.1 Å². The van der Waals surface area contributed by atoms with Gasteiger partial charge in [0.2, 0.25) is 0 Å². The van der Waals surface area contributed by atoms with Crippen molar-refractivity contribution >= 4 is 27.0 Å². The van der Waals surface area contributed by atoms with Gasteiger partial charge in [0.25, 0.3) is 5.56 Å². The Morgan fingerprint density at radius 3 is 2.68 bits per heavy atom. The number of rotatable bonds is 7. The molecular weight excluding hydrogens is 456 g/mol. The third-order valence-corrected chi connectivity index (χ3v) is 5.74.